The number of sulfonamides is 1. The lowest BCUT2D eigenvalue weighted by Gasteiger charge is -2.23. The van der Waals surface area contributed by atoms with E-state index in [1.807, 2.05) is 30.3 Å². The average Bonchev–Trinajstić information content (AvgIpc) is 2.74. The zero-order chi connectivity index (χ0) is 20.9. The summed E-state index contributed by atoms with van der Waals surface area (Å²) < 4.78 is 27.9. The number of aromatic carboxylic acids is 1. The number of nitriles is 1. The van der Waals surface area contributed by atoms with Gasteiger partial charge in [-0.1, -0.05) is 42.5 Å². The average molecular weight is 406 g/mol. The summed E-state index contributed by atoms with van der Waals surface area (Å²) in [7, 11) is -3.90. The minimum absolute atomic E-state index is 0.00914. The molecule has 0 spiro atoms. The van der Waals surface area contributed by atoms with E-state index in [1.165, 1.54) is 28.6 Å². The van der Waals surface area contributed by atoms with Gasteiger partial charge in [-0.2, -0.15) is 9.57 Å². The van der Waals surface area contributed by atoms with Crippen LogP contribution in [0.1, 0.15) is 27.0 Å². The summed E-state index contributed by atoms with van der Waals surface area (Å²) in [5, 5.41) is 18.2. The van der Waals surface area contributed by atoms with Gasteiger partial charge in [0.1, 0.15) is 0 Å². The maximum absolute atomic E-state index is 13.3. The molecule has 0 amide bonds. The third-order valence-corrected chi connectivity index (χ3v) is 6.16. The molecule has 0 heterocycles. The zero-order valence-corrected chi connectivity index (χ0v) is 16.2. The van der Waals surface area contributed by atoms with Crippen LogP contribution in [0.4, 0.5) is 0 Å². The van der Waals surface area contributed by atoms with E-state index >= 15 is 0 Å². The third-order valence-electron chi connectivity index (χ3n) is 4.36. The fraction of sp³-hybridized carbons (Fsp3) is 0.0909. The quantitative estimate of drug-likeness (QED) is 0.646. The number of hydrogen-bond donors (Lipinski definition) is 1. The van der Waals surface area contributed by atoms with Gasteiger partial charge in [-0.3, -0.25) is 0 Å². The van der Waals surface area contributed by atoms with Gasteiger partial charge in [0, 0.05) is 13.1 Å². The van der Waals surface area contributed by atoms with Gasteiger partial charge in [-0.15, -0.1) is 0 Å². The Kier molecular flexibility index (Phi) is 6.07. The van der Waals surface area contributed by atoms with Crippen LogP contribution in [0.15, 0.2) is 83.8 Å². The van der Waals surface area contributed by atoms with Crippen LogP contribution < -0.4 is 0 Å². The van der Waals surface area contributed by atoms with Gasteiger partial charge in [-0.05, 0) is 47.5 Å². The molecule has 0 radical (unpaired) electrons. The SMILES string of the molecule is N#Cc1cccc(CN(Cc2ccccc2)S(=O)(=O)c2ccc(C(=O)O)cc2)c1. The fourth-order valence-corrected chi connectivity index (χ4v) is 4.29. The lowest BCUT2D eigenvalue weighted by Crippen LogP contribution is -2.30. The molecule has 3 aromatic carbocycles. The number of benzene rings is 3. The summed E-state index contributed by atoms with van der Waals surface area (Å²) in [6.45, 7) is 0.216. The van der Waals surface area contributed by atoms with E-state index in [4.69, 9.17) is 10.4 Å². The van der Waals surface area contributed by atoms with Crippen LogP contribution >= 0.6 is 0 Å². The van der Waals surface area contributed by atoms with Crippen molar-refractivity contribution in [3.05, 3.63) is 101 Å². The Morgan fingerprint density at radius 2 is 1.52 bits per heavy atom. The van der Waals surface area contributed by atoms with E-state index in [-0.39, 0.29) is 23.5 Å². The first kappa shape index (κ1) is 20.3. The maximum atomic E-state index is 13.3. The number of carbonyl (C=O) groups is 1. The summed E-state index contributed by atoms with van der Waals surface area (Å²) in [5.41, 5.74) is 1.96. The highest BCUT2D eigenvalue weighted by atomic mass is 32.2. The summed E-state index contributed by atoms with van der Waals surface area (Å²) >= 11 is 0. The van der Waals surface area contributed by atoms with E-state index in [2.05, 4.69) is 6.07 Å². The maximum Gasteiger partial charge on any atom is 0.335 e. The summed E-state index contributed by atoms with van der Waals surface area (Å²) in [4.78, 5) is 11.1. The molecule has 3 aromatic rings. The Labute approximate surface area is 169 Å². The van der Waals surface area contributed by atoms with Crippen molar-refractivity contribution >= 4 is 16.0 Å². The van der Waals surface area contributed by atoms with Gasteiger partial charge >= 0.3 is 5.97 Å². The van der Waals surface area contributed by atoms with E-state index in [1.54, 1.807) is 24.3 Å². The van der Waals surface area contributed by atoms with Crippen LogP contribution in [-0.4, -0.2) is 23.8 Å². The molecule has 29 heavy (non-hydrogen) atoms. The molecule has 1 N–H and O–H groups in total. The number of hydrogen-bond acceptors (Lipinski definition) is 4. The first-order valence-corrected chi connectivity index (χ1v) is 10.2. The van der Waals surface area contributed by atoms with E-state index in [0.29, 0.717) is 11.1 Å². The Bertz CT molecular complexity index is 1150. The molecule has 7 heteroatoms. The first-order chi connectivity index (χ1) is 13.9. The second-order valence-electron chi connectivity index (χ2n) is 6.40. The minimum atomic E-state index is -3.90. The largest absolute Gasteiger partial charge is 0.478 e. The van der Waals surface area contributed by atoms with Crippen LogP contribution in [0.3, 0.4) is 0 Å². The fourth-order valence-electron chi connectivity index (χ4n) is 2.87. The molecule has 0 aliphatic carbocycles. The molecule has 3 rings (SSSR count). The van der Waals surface area contributed by atoms with Crippen LogP contribution in [0.2, 0.25) is 0 Å². The van der Waals surface area contributed by atoms with Crippen molar-refractivity contribution in [3.63, 3.8) is 0 Å². The second-order valence-corrected chi connectivity index (χ2v) is 8.34. The van der Waals surface area contributed by atoms with Gasteiger partial charge in [-0.25, -0.2) is 13.2 Å². The Balaban J connectivity index is 1.98. The molecule has 0 unspecified atom stereocenters. The van der Waals surface area contributed by atoms with E-state index < -0.39 is 16.0 Å². The van der Waals surface area contributed by atoms with Crippen molar-refractivity contribution in [2.75, 3.05) is 0 Å². The Morgan fingerprint density at radius 1 is 0.897 bits per heavy atom. The van der Waals surface area contributed by atoms with Gasteiger partial charge in [0.05, 0.1) is 22.1 Å². The highest BCUT2D eigenvalue weighted by molar-refractivity contribution is 7.89. The van der Waals surface area contributed by atoms with Crippen molar-refractivity contribution in [1.29, 1.82) is 5.26 Å². The van der Waals surface area contributed by atoms with E-state index in [9.17, 15) is 13.2 Å². The van der Waals surface area contributed by atoms with E-state index in [0.717, 1.165) is 5.56 Å². The topological polar surface area (TPSA) is 98.5 Å². The van der Waals surface area contributed by atoms with Crippen LogP contribution in [0, 0.1) is 11.3 Å². The molecule has 6 nitrogen and oxygen atoms in total. The molecule has 0 atom stereocenters. The van der Waals surface area contributed by atoms with Crippen molar-refractivity contribution in [1.82, 2.24) is 4.31 Å². The highest BCUT2D eigenvalue weighted by Crippen LogP contribution is 2.22. The number of rotatable bonds is 7. The third kappa shape index (κ3) is 4.88. The Morgan fingerprint density at radius 3 is 2.14 bits per heavy atom. The van der Waals surface area contributed by atoms with Gasteiger partial charge < -0.3 is 5.11 Å². The predicted molar refractivity (Wildman–Crippen MR) is 107 cm³/mol. The zero-order valence-electron chi connectivity index (χ0n) is 15.4. The standard InChI is InChI=1S/C22H18N2O4S/c23-14-18-7-4-8-19(13-18)16-24(15-17-5-2-1-3-6-17)29(27,28)21-11-9-20(10-12-21)22(25)26/h1-13H,15-16H2,(H,25,26). The predicted octanol–water partition coefficient (Wildman–Crippen LogP) is 3.65. The normalized spacial score (nSPS) is 11.2. The van der Waals surface area contributed by atoms with Crippen molar-refractivity contribution < 1.29 is 18.3 Å². The lowest BCUT2D eigenvalue weighted by atomic mass is 10.1. The molecule has 0 aliphatic heterocycles. The molecule has 0 aliphatic rings. The van der Waals surface area contributed by atoms with Crippen molar-refractivity contribution in [2.24, 2.45) is 0 Å². The van der Waals surface area contributed by atoms with Crippen molar-refractivity contribution in [2.45, 2.75) is 18.0 Å². The second kappa shape index (κ2) is 8.69. The number of carboxylic acid groups (broad SMARTS) is 1. The monoisotopic (exact) mass is 406 g/mol. The Hall–Kier alpha value is -3.47. The van der Waals surface area contributed by atoms with Crippen LogP contribution in [0.5, 0.6) is 0 Å². The van der Waals surface area contributed by atoms with Crippen molar-refractivity contribution in [3.8, 4) is 6.07 Å². The van der Waals surface area contributed by atoms with Crippen LogP contribution in [-0.2, 0) is 23.1 Å². The molecule has 0 saturated carbocycles. The van der Waals surface area contributed by atoms with Crippen LogP contribution in [0.25, 0.3) is 0 Å². The number of nitrogens with zero attached hydrogens (tertiary/aromatic N) is 2. The number of carboxylic acids is 1. The molecule has 0 aromatic heterocycles. The molecule has 0 fully saturated rings. The first-order valence-electron chi connectivity index (χ1n) is 8.76. The summed E-state index contributed by atoms with van der Waals surface area (Å²) in [5.74, 6) is -1.12. The van der Waals surface area contributed by atoms with Gasteiger partial charge in [0.15, 0.2) is 0 Å². The molecular weight excluding hydrogens is 388 g/mol. The van der Waals surface area contributed by atoms with Gasteiger partial charge in [0.25, 0.3) is 0 Å². The summed E-state index contributed by atoms with van der Waals surface area (Å²) in [6.07, 6.45) is 0. The highest BCUT2D eigenvalue weighted by Gasteiger charge is 2.25. The molecule has 0 bridgehead atoms. The minimum Gasteiger partial charge on any atom is -0.478 e. The molecule has 146 valence electrons. The van der Waals surface area contributed by atoms with Gasteiger partial charge in [0.2, 0.25) is 10.0 Å². The molecule has 0 saturated heterocycles. The molecular formula is C22H18N2O4S. The lowest BCUT2D eigenvalue weighted by molar-refractivity contribution is 0.0696. The smallest absolute Gasteiger partial charge is 0.335 e. The summed E-state index contributed by atoms with van der Waals surface area (Å²) in [6, 6.07) is 23.2.